The van der Waals surface area contributed by atoms with E-state index in [0.717, 1.165) is 56.3 Å². The maximum Gasteiger partial charge on any atom is 0.124 e. The number of nitrogens with zero attached hydrogens (tertiary/aromatic N) is 4. The molecule has 0 radical (unpaired) electrons. The van der Waals surface area contributed by atoms with Gasteiger partial charge < -0.3 is 13.9 Å². The van der Waals surface area contributed by atoms with E-state index in [2.05, 4.69) is 55.8 Å². The third kappa shape index (κ3) is 4.98. The van der Waals surface area contributed by atoms with Crippen molar-refractivity contribution in [3.63, 3.8) is 0 Å². The minimum atomic E-state index is 0.398. The zero-order valence-electron chi connectivity index (χ0n) is 18.1. The maximum atomic E-state index is 6.15. The zero-order valence-corrected chi connectivity index (χ0v) is 18.1. The van der Waals surface area contributed by atoms with Crippen LogP contribution in [0.2, 0.25) is 0 Å². The van der Waals surface area contributed by atoms with Crippen molar-refractivity contribution in [2.45, 2.75) is 19.6 Å². The number of fused-ring (bicyclic) bond motifs is 1. The van der Waals surface area contributed by atoms with E-state index < -0.39 is 0 Å². The van der Waals surface area contributed by atoms with E-state index in [-0.39, 0.29) is 0 Å². The topological polar surface area (TPSA) is 51.9 Å². The molecule has 6 nitrogen and oxygen atoms in total. The van der Waals surface area contributed by atoms with Crippen LogP contribution in [0.1, 0.15) is 16.8 Å². The van der Waals surface area contributed by atoms with Crippen LogP contribution in [0.15, 0.2) is 79.5 Å². The average Bonchev–Trinajstić information content (AvgIpc) is 3.21. The van der Waals surface area contributed by atoms with Gasteiger partial charge in [0.25, 0.3) is 0 Å². The van der Waals surface area contributed by atoms with Crippen LogP contribution in [0.4, 0.5) is 0 Å². The van der Waals surface area contributed by atoms with Gasteiger partial charge in [-0.25, -0.2) is 0 Å². The molecule has 1 atom stereocenters. The molecule has 4 aromatic rings. The Morgan fingerprint density at radius 1 is 1.03 bits per heavy atom. The summed E-state index contributed by atoms with van der Waals surface area (Å²) in [5.74, 6) is 1.33. The first-order chi connectivity index (χ1) is 15.8. The van der Waals surface area contributed by atoms with Crippen molar-refractivity contribution in [1.82, 2.24) is 19.3 Å². The number of hydrogen-bond acceptors (Lipinski definition) is 5. The SMILES string of the molecule is c1cncc(COc2ccccc2CN2CCOC[C@@H](Cc3nccn4cccc34)C2)c1. The predicted molar refractivity (Wildman–Crippen MR) is 123 cm³/mol. The minimum Gasteiger partial charge on any atom is -0.489 e. The standard InChI is InChI=1S/C26H28N4O2/c1-2-8-26(32-20-21-5-3-9-27-16-21)23(6-1)18-29-13-14-31-19-22(17-29)15-24-25-7-4-11-30(25)12-10-28-24/h1-12,16,22H,13-15,17-20H2/t22-/m0/s1. The molecular formula is C26H28N4O2. The second kappa shape index (κ2) is 9.94. The molecule has 3 aromatic heterocycles. The van der Waals surface area contributed by atoms with Gasteiger partial charge in [-0.2, -0.15) is 0 Å². The van der Waals surface area contributed by atoms with Gasteiger partial charge in [0.05, 0.1) is 24.4 Å². The quantitative estimate of drug-likeness (QED) is 0.445. The number of pyridine rings is 1. The van der Waals surface area contributed by atoms with E-state index in [1.54, 1.807) is 6.20 Å². The number of aromatic nitrogens is 3. The third-order valence-corrected chi connectivity index (χ3v) is 5.92. The first-order valence-electron chi connectivity index (χ1n) is 11.2. The van der Waals surface area contributed by atoms with Gasteiger partial charge in [0, 0.05) is 67.7 Å². The summed E-state index contributed by atoms with van der Waals surface area (Å²) in [6.45, 7) is 4.75. The molecule has 0 unspecified atom stereocenters. The van der Waals surface area contributed by atoms with E-state index >= 15 is 0 Å². The highest BCUT2D eigenvalue weighted by molar-refractivity contribution is 5.52. The van der Waals surface area contributed by atoms with Crippen molar-refractivity contribution in [2.24, 2.45) is 5.92 Å². The van der Waals surface area contributed by atoms with Crippen LogP contribution >= 0.6 is 0 Å². The van der Waals surface area contributed by atoms with Crippen LogP contribution in [0.25, 0.3) is 5.52 Å². The Kier molecular flexibility index (Phi) is 6.42. The third-order valence-electron chi connectivity index (χ3n) is 5.92. The molecule has 1 saturated heterocycles. The number of para-hydroxylation sites is 1. The molecule has 32 heavy (non-hydrogen) atoms. The van der Waals surface area contributed by atoms with E-state index in [0.29, 0.717) is 12.5 Å². The van der Waals surface area contributed by atoms with Crippen LogP contribution in [-0.2, 0) is 24.3 Å². The Bertz CT molecular complexity index is 1140. The van der Waals surface area contributed by atoms with Crippen LogP contribution in [0.5, 0.6) is 5.75 Å². The van der Waals surface area contributed by atoms with Crippen LogP contribution in [0, 0.1) is 5.92 Å². The molecule has 0 amide bonds. The molecule has 0 spiro atoms. The number of hydrogen-bond donors (Lipinski definition) is 0. The normalized spacial score (nSPS) is 17.3. The molecule has 6 heteroatoms. The lowest BCUT2D eigenvalue weighted by molar-refractivity contribution is 0.121. The number of ether oxygens (including phenoxy) is 2. The highest BCUT2D eigenvalue weighted by Crippen LogP contribution is 2.23. The summed E-state index contributed by atoms with van der Waals surface area (Å²) in [6.07, 6.45) is 10.5. The van der Waals surface area contributed by atoms with Gasteiger partial charge in [0.2, 0.25) is 0 Å². The van der Waals surface area contributed by atoms with Gasteiger partial charge in [-0.3, -0.25) is 14.9 Å². The van der Waals surface area contributed by atoms with Crippen LogP contribution < -0.4 is 4.74 Å². The molecule has 1 aliphatic heterocycles. The Balaban J connectivity index is 1.26. The second-order valence-electron chi connectivity index (χ2n) is 8.31. The summed E-state index contributed by atoms with van der Waals surface area (Å²) in [7, 11) is 0. The molecule has 1 fully saturated rings. The van der Waals surface area contributed by atoms with Crippen LogP contribution in [-0.4, -0.2) is 45.6 Å². The smallest absolute Gasteiger partial charge is 0.124 e. The second-order valence-corrected chi connectivity index (χ2v) is 8.31. The van der Waals surface area contributed by atoms with E-state index in [4.69, 9.17) is 9.47 Å². The van der Waals surface area contributed by atoms with Crippen LogP contribution in [0.3, 0.4) is 0 Å². The summed E-state index contributed by atoms with van der Waals surface area (Å²) < 4.78 is 14.2. The fraction of sp³-hybridized carbons (Fsp3) is 0.308. The molecule has 0 saturated carbocycles. The van der Waals surface area contributed by atoms with Gasteiger partial charge >= 0.3 is 0 Å². The molecule has 0 aliphatic carbocycles. The lowest BCUT2D eigenvalue weighted by Crippen LogP contribution is -2.30. The van der Waals surface area contributed by atoms with Crippen molar-refractivity contribution >= 4 is 5.52 Å². The molecule has 1 aliphatic rings. The van der Waals surface area contributed by atoms with Gasteiger partial charge in [-0.15, -0.1) is 0 Å². The lowest BCUT2D eigenvalue weighted by atomic mass is 10.0. The Morgan fingerprint density at radius 3 is 2.94 bits per heavy atom. The molecule has 4 heterocycles. The van der Waals surface area contributed by atoms with Gasteiger partial charge in [-0.1, -0.05) is 24.3 Å². The monoisotopic (exact) mass is 428 g/mol. The van der Waals surface area contributed by atoms with Crippen molar-refractivity contribution in [3.8, 4) is 5.75 Å². The Hall–Kier alpha value is -3.22. The van der Waals surface area contributed by atoms with Crippen molar-refractivity contribution < 1.29 is 9.47 Å². The number of rotatable bonds is 7. The molecule has 0 bridgehead atoms. The number of benzene rings is 1. The summed E-state index contributed by atoms with van der Waals surface area (Å²) >= 11 is 0. The van der Waals surface area contributed by atoms with Crippen molar-refractivity contribution in [3.05, 3.63) is 96.3 Å². The van der Waals surface area contributed by atoms with Gasteiger partial charge in [0.15, 0.2) is 0 Å². The molecule has 0 N–H and O–H groups in total. The fourth-order valence-electron chi connectivity index (χ4n) is 4.34. The molecule has 164 valence electrons. The highest BCUT2D eigenvalue weighted by Gasteiger charge is 2.21. The van der Waals surface area contributed by atoms with Gasteiger partial charge in [-0.05, 0) is 30.7 Å². The largest absolute Gasteiger partial charge is 0.489 e. The predicted octanol–water partition coefficient (Wildman–Crippen LogP) is 4.00. The van der Waals surface area contributed by atoms with Crippen molar-refractivity contribution in [2.75, 3.05) is 26.3 Å². The minimum absolute atomic E-state index is 0.398. The van der Waals surface area contributed by atoms with Crippen molar-refractivity contribution in [1.29, 1.82) is 0 Å². The lowest BCUT2D eigenvalue weighted by Gasteiger charge is -2.24. The van der Waals surface area contributed by atoms with E-state index in [9.17, 15) is 0 Å². The zero-order chi connectivity index (χ0) is 21.6. The summed E-state index contributed by atoms with van der Waals surface area (Å²) in [4.78, 5) is 11.3. The summed E-state index contributed by atoms with van der Waals surface area (Å²) in [6, 6.07) is 16.5. The molecule has 5 rings (SSSR count). The fourth-order valence-corrected chi connectivity index (χ4v) is 4.34. The van der Waals surface area contributed by atoms with E-state index in [1.807, 2.05) is 36.8 Å². The average molecular weight is 429 g/mol. The summed E-state index contributed by atoms with van der Waals surface area (Å²) in [5, 5.41) is 0. The highest BCUT2D eigenvalue weighted by atomic mass is 16.5. The first kappa shape index (κ1) is 20.7. The molecular weight excluding hydrogens is 400 g/mol. The maximum absolute atomic E-state index is 6.15. The summed E-state index contributed by atoms with van der Waals surface area (Å²) in [5.41, 5.74) is 4.58. The Morgan fingerprint density at radius 2 is 2.00 bits per heavy atom. The van der Waals surface area contributed by atoms with Gasteiger partial charge in [0.1, 0.15) is 12.4 Å². The van der Waals surface area contributed by atoms with E-state index in [1.165, 1.54) is 11.1 Å². The first-order valence-corrected chi connectivity index (χ1v) is 11.2. The Labute approximate surface area is 188 Å². The molecule has 1 aromatic carbocycles.